The molecule has 0 bridgehead atoms. The summed E-state index contributed by atoms with van der Waals surface area (Å²) in [5, 5.41) is 11.7. The van der Waals surface area contributed by atoms with Gasteiger partial charge in [0.2, 0.25) is 5.91 Å². The maximum atomic E-state index is 11.2. The van der Waals surface area contributed by atoms with E-state index >= 15 is 0 Å². The lowest BCUT2D eigenvalue weighted by Gasteiger charge is -2.20. The van der Waals surface area contributed by atoms with Crippen LogP contribution in [0.1, 0.15) is 22.3 Å². The molecule has 5 nitrogen and oxygen atoms in total. The summed E-state index contributed by atoms with van der Waals surface area (Å²) in [6.07, 6.45) is 0.859. The fourth-order valence-corrected chi connectivity index (χ4v) is 1.85. The van der Waals surface area contributed by atoms with Crippen LogP contribution in [0.2, 0.25) is 0 Å². The molecule has 1 aromatic rings. The molecule has 0 unspecified atom stereocenters. The van der Waals surface area contributed by atoms with Gasteiger partial charge in [-0.05, 0) is 18.6 Å². The van der Waals surface area contributed by atoms with Gasteiger partial charge in [0.1, 0.15) is 11.3 Å². The molecule has 0 fully saturated rings. The Kier molecular flexibility index (Phi) is 2.52. The molecule has 2 N–H and O–H groups in total. The van der Waals surface area contributed by atoms with Gasteiger partial charge in [-0.15, -0.1) is 0 Å². The van der Waals surface area contributed by atoms with Crippen LogP contribution in [0.25, 0.3) is 0 Å². The van der Waals surface area contributed by atoms with E-state index in [4.69, 9.17) is 9.84 Å². The largest absolute Gasteiger partial charge is 0.495 e. The fourth-order valence-electron chi connectivity index (χ4n) is 1.85. The first-order valence-electron chi connectivity index (χ1n) is 4.86. The third-order valence-electron chi connectivity index (χ3n) is 2.57. The van der Waals surface area contributed by atoms with Crippen LogP contribution in [0.15, 0.2) is 12.1 Å². The van der Waals surface area contributed by atoms with Crippen molar-refractivity contribution < 1.29 is 19.4 Å². The highest BCUT2D eigenvalue weighted by atomic mass is 16.5. The van der Waals surface area contributed by atoms with Crippen LogP contribution in [-0.2, 0) is 11.2 Å². The average molecular weight is 221 g/mol. The number of amides is 1. The van der Waals surface area contributed by atoms with Crippen molar-refractivity contribution in [3.05, 3.63) is 23.3 Å². The van der Waals surface area contributed by atoms with Crippen molar-refractivity contribution in [1.29, 1.82) is 0 Å². The van der Waals surface area contributed by atoms with Gasteiger partial charge in [0.05, 0.1) is 7.11 Å². The third kappa shape index (κ3) is 1.60. The van der Waals surface area contributed by atoms with Crippen LogP contribution in [-0.4, -0.2) is 24.1 Å². The number of carboxylic acid groups (broad SMARTS) is 1. The van der Waals surface area contributed by atoms with Crippen molar-refractivity contribution in [3.8, 4) is 5.75 Å². The van der Waals surface area contributed by atoms with E-state index in [0.717, 1.165) is 5.56 Å². The molecule has 0 saturated carbocycles. The molecular formula is C11H11NO4. The lowest BCUT2D eigenvalue weighted by molar-refractivity contribution is -0.116. The predicted molar refractivity (Wildman–Crippen MR) is 56.9 cm³/mol. The lowest BCUT2D eigenvalue weighted by atomic mass is 9.98. The zero-order chi connectivity index (χ0) is 11.7. The van der Waals surface area contributed by atoms with Crippen molar-refractivity contribution in [1.82, 2.24) is 0 Å². The summed E-state index contributed by atoms with van der Waals surface area (Å²) in [4.78, 5) is 22.1. The van der Waals surface area contributed by atoms with Crippen LogP contribution < -0.4 is 10.1 Å². The SMILES string of the molecule is COc1c(C(=O)O)ccc2c1CCC(=O)N2. The van der Waals surface area contributed by atoms with Crippen LogP contribution >= 0.6 is 0 Å². The number of carbonyl (C=O) groups excluding carboxylic acids is 1. The zero-order valence-corrected chi connectivity index (χ0v) is 8.74. The second kappa shape index (κ2) is 3.84. The summed E-state index contributed by atoms with van der Waals surface area (Å²) in [7, 11) is 1.43. The number of benzene rings is 1. The van der Waals surface area contributed by atoms with Crippen LogP contribution in [0.3, 0.4) is 0 Å². The summed E-state index contributed by atoms with van der Waals surface area (Å²) < 4.78 is 5.11. The number of aromatic carboxylic acids is 1. The molecule has 16 heavy (non-hydrogen) atoms. The Morgan fingerprint density at radius 1 is 1.44 bits per heavy atom. The number of anilines is 1. The molecule has 1 aliphatic rings. The highest BCUT2D eigenvalue weighted by Gasteiger charge is 2.23. The average Bonchev–Trinajstić information content (AvgIpc) is 2.26. The maximum Gasteiger partial charge on any atom is 0.339 e. The fraction of sp³-hybridized carbons (Fsp3) is 0.273. The number of rotatable bonds is 2. The van der Waals surface area contributed by atoms with Gasteiger partial charge in [0.15, 0.2) is 0 Å². The van der Waals surface area contributed by atoms with E-state index in [2.05, 4.69) is 5.32 Å². The van der Waals surface area contributed by atoms with E-state index in [1.165, 1.54) is 13.2 Å². The number of carboxylic acids is 1. The van der Waals surface area contributed by atoms with Gasteiger partial charge < -0.3 is 15.2 Å². The summed E-state index contributed by atoms with van der Waals surface area (Å²) >= 11 is 0. The molecule has 0 radical (unpaired) electrons. The van der Waals surface area contributed by atoms with E-state index in [9.17, 15) is 9.59 Å². The molecule has 0 atom stereocenters. The van der Waals surface area contributed by atoms with Gasteiger partial charge >= 0.3 is 5.97 Å². The second-order valence-electron chi connectivity index (χ2n) is 3.53. The number of methoxy groups -OCH3 is 1. The third-order valence-corrected chi connectivity index (χ3v) is 2.57. The zero-order valence-electron chi connectivity index (χ0n) is 8.74. The molecule has 1 aromatic carbocycles. The Morgan fingerprint density at radius 2 is 2.19 bits per heavy atom. The molecule has 1 aliphatic heterocycles. The normalized spacial score (nSPS) is 13.9. The summed E-state index contributed by atoms with van der Waals surface area (Å²) in [6.45, 7) is 0. The first kappa shape index (κ1) is 10.5. The molecule has 1 amide bonds. The maximum absolute atomic E-state index is 11.2. The van der Waals surface area contributed by atoms with Crippen molar-refractivity contribution in [2.24, 2.45) is 0 Å². The Morgan fingerprint density at radius 3 is 2.81 bits per heavy atom. The number of nitrogens with one attached hydrogen (secondary N) is 1. The molecule has 1 heterocycles. The van der Waals surface area contributed by atoms with Gasteiger partial charge in [0, 0.05) is 17.7 Å². The number of hydrogen-bond donors (Lipinski definition) is 2. The summed E-state index contributed by atoms with van der Waals surface area (Å²) in [5.74, 6) is -0.751. The van der Waals surface area contributed by atoms with E-state index in [1.54, 1.807) is 6.07 Å². The van der Waals surface area contributed by atoms with Gasteiger partial charge in [0.25, 0.3) is 0 Å². The van der Waals surface area contributed by atoms with E-state index < -0.39 is 5.97 Å². The number of hydrogen-bond acceptors (Lipinski definition) is 3. The molecule has 0 spiro atoms. The van der Waals surface area contributed by atoms with E-state index in [0.29, 0.717) is 24.3 Å². The molecule has 0 saturated heterocycles. The highest BCUT2D eigenvalue weighted by molar-refractivity contribution is 5.98. The minimum Gasteiger partial charge on any atom is -0.495 e. The Balaban J connectivity index is 2.56. The number of ether oxygens (including phenoxy) is 1. The quantitative estimate of drug-likeness (QED) is 0.788. The van der Waals surface area contributed by atoms with Gasteiger partial charge in [-0.25, -0.2) is 4.79 Å². The van der Waals surface area contributed by atoms with Gasteiger partial charge in [-0.2, -0.15) is 0 Å². The lowest BCUT2D eigenvalue weighted by Crippen LogP contribution is -2.20. The van der Waals surface area contributed by atoms with E-state index in [1.807, 2.05) is 0 Å². The summed E-state index contributed by atoms with van der Waals surface area (Å²) in [6, 6.07) is 3.03. The Bertz CT molecular complexity index is 467. The van der Waals surface area contributed by atoms with Gasteiger partial charge in [-0.3, -0.25) is 4.79 Å². The van der Waals surface area contributed by atoms with Crippen LogP contribution in [0.4, 0.5) is 5.69 Å². The van der Waals surface area contributed by atoms with Crippen molar-refractivity contribution in [3.63, 3.8) is 0 Å². The first-order chi connectivity index (χ1) is 7.63. The number of carbonyl (C=O) groups is 2. The monoisotopic (exact) mass is 221 g/mol. The smallest absolute Gasteiger partial charge is 0.339 e. The topological polar surface area (TPSA) is 75.6 Å². The minimum absolute atomic E-state index is 0.0578. The first-order valence-corrected chi connectivity index (χ1v) is 4.86. The minimum atomic E-state index is -1.03. The molecular weight excluding hydrogens is 210 g/mol. The molecule has 0 aliphatic carbocycles. The number of fused-ring (bicyclic) bond motifs is 1. The molecule has 0 aromatic heterocycles. The summed E-state index contributed by atoms with van der Waals surface area (Å²) in [5.41, 5.74) is 1.51. The Hall–Kier alpha value is -2.04. The van der Waals surface area contributed by atoms with Gasteiger partial charge in [-0.1, -0.05) is 0 Å². The van der Waals surface area contributed by atoms with Crippen LogP contribution in [0, 0.1) is 0 Å². The molecule has 2 rings (SSSR count). The van der Waals surface area contributed by atoms with E-state index in [-0.39, 0.29) is 11.5 Å². The predicted octanol–water partition coefficient (Wildman–Crippen LogP) is 1.28. The Labute approximate surface area is 92.0 Å². The standard InChI is InChI=1S/C11H11NO4/c1-16-10-6-3-5-9(13)12-8(6)4-2-7(10)11(14)15/h2,4H,3,5H2,1H3,(H,12,13)(H,14,15). The highest BCUT2D eigenvalue weighted by Crippen LogP contribution is 2.34. The molecule has 84 valence electrons. The van der Waals surface area contributed by atoms with Crippen molar-refractivity contribution >= 4 is 17.6 Å². The molecule has 5 heteroatoms. The van der Waals surface area contributed by atoms with Crippen molar-refractivity contribution in [2.45, 2.75) is 12.8 Å². The van der Waals surface area contributed by atoms with Crippen molar-refractivity contribution in [2.75, 3.05) is 12.4 Å². The second-order valence-corrected chi connectivity index (χ2v) is 3.53. The van der Waals surface area contributed by atoms with Crippen LogP contribution in [0.5, 0.6) is 5.75 Å².